The van der Waals surface area contributed by atoms with Crippen molar-refractivity contribution in [1.29, 1.82) is 0 Å². The molecule has 2 heteroatoms. The second-order valence-corrected chi connectivity index (χ2v) is 4.88. The minimum Gasteiger partial charge on any atom is -0.385 e. The van der Waals surface area contributed by atoms with E-state index in [1.54, 1.807) is 0 Å². The van der Waals surface area contributed by atoms with Crippen molar-refractivity contribution in [2.45, 2.75) is 32.0 Å². The molecule has 94 valence electrons. The summed E-state index contributed by atoms with van der Waals surface area (Å²) in [6.07, 6.45) is 1.43. The number of benzene rings is 2. The Kier molecular flexibility index (Phi) is 3.06. The number of ether oxygens (including phenoxy) is 1. The van der Waals surface area contributed by atoms with Crippen molar-refractivity contribution >= 4 is 10.8 Å². The van der Waals surface area contributed by atoms with Gasteiger partial charge in [-0.05, 0) is 28.3 Å². The highest BCUT2D eigenvalue weighted by Crippen LogP contribution is 2.45. The minimum absolute atomic E-state index is 0.197. The summed E-state index contributed by atoms with van der Waals surface area (Å²) in [7, 11) is 0. The molecule has 0 saturated carbocycles. The summed E-state index contributed by atoms with van der Waals surface area (Å²) in [5.41, 5.74) is 2.14. The molecule has 1 aliphatic carbocycles. The molecule has 0 bridgehead atoms. The maximum Gasteiger partial charge on any atom is 0.113 e. The van der Waals surface area contributed by atoms with Crippen molar-refractivity contribution < 1.29 is 9.84 Å². The lowest BCUT2D eigenvalue weighted by atomic mass is 10.1. The molecule has 2 atom stereocenters. The first kappa shape index (κ1) is 11.7. The first-order valence-corrected chi connectivity index (χ1v) is 6.64. The predicted octanol–water partition coefficient (Wildman–Crippen LogP) is 3.74. The van der Waals surface area contributed by atoms with Gasteiger partial charge in [-0.15, -0.1) is 0 Å². The van der Waals surface area contributed by atoms with E-state index >= 15 is 0 Å². The average Bonchev–Trinajstić information content (AvgIpc) is 2.67. The van der Waals surface area contributed by atoms with E-state index in [1.807, 2.05) is 18.2 Å². The standard InChI is InChI=1S/C16H18O2/c1-2-3-10-18-16-13-9-5-7-11-6-4-8-12(14(11)13)15(16)17/h4-9,15-17H,2-3,10H2,1H3. The maximum atomic E-state index is 10.4. The molecule has 0 spiro atoms. The van der Waals surface area contributed by atoms with Gasteiger partial charge >= 0.3 is 0 Å². The molecule has 0 aliphatic heterocycles. The van der Waals surface area contributed by atoms with E-state index in [1.165, 1.54) is 10.8 Å². The number of hydrogen-bond acceptors (Lipinski definition) is 2. The van der Waals surface area contributed by atoms with Crippen LogP contribution in [0.4, 0.5) is 0 Å². The zero-order chi connectivity index (χ0) is 12.5. The van der Waals surface area contributed by atoms with E-state index in [0.29, 0.717) is 6.61 Å². The molecular weight excluding hydrogens is 224 g/mol. The van der Waals surface area contributed by atoms with E-state index in [-0.39, 0.29) is 6.10 Å². The molecule has 2 nitrogen and oxygen atoms in total. The number of rotatable bonds is 4. The van der Waals surface area contributed by atoms with Gasteiger partial charge in [-0.1, -0.05) is 49.7 Å². The van der Waals surface area contributed by atoms with Crippen LogP contribution < -0.4 is 0 Å². The van der Waals surface area contributed by atoms with Gasteiger partial charge in [0.25, 0.3) is 0 Å². The highest BCUT2D eigenvalue weighted by atomic mass is 16.5. The zero-order valence-corrected chi connectivity index (χ0v) is 10.6. The highest BCUT2D eigenvalue weighted by Gasteiger charge is 2.33. The van der Waals surface area contributed by atoms with Crippen LogP contribution in [-0.2, 0) is 4.74 Å². The second kappa shape index (κ2) is 4.71. The molecule has 0 amide bonds. The van der Waals surface area contributed by atoms with Gasteiger partial charge in [0.2, 0.25) is 0 Å². The van der Waals surface area contributed by atoms with Gasteiger partial charge < -0.3 is 9.84 Å². The largest absolute Gasteiger partial charge is 0.385 e. The molecule has 18 heavy (non-hydrogen) atoms. The number of hydrogen-bond donors (Lipinski definition) is 1. The van der Waals surface area contributed by atoms with Crippen LogP contribution in [0.25, 0.3) is 10.8 Å². The Bertz CT molecular complexity index is 557. The molecule has 0 radical (unpaired) electrons. The lowest BCUT2D eigenvalue weighted by Crippen LogP contribution is -2.09. The summed E-state index contributed by atoms with van der Waals surface area (Å²) in [6, 6.07) is 12.3. The topological polar surface area (TPSA) is 29.5 Å². The lowest BCUT2D eigenvalue weighted by Gasteiger charge is -2.17. The molecule has 2 aromatic rings. The molecule has 0 heterocycles. The number of unbranched alkanes of at least 4 members (excludes halogenated alkanes) is 1. The van der Waals surface area contributed by atoms with Gasteiger partial charge in [-0.25, -0.2) is 0 Å². The fourth-order valence-corrected chi connectivity index (χ4v) is 2.75. The van der Waals surface area contributed by atoms with Crippen LogP contribution in [-0.4, -0.2) is 11.7 Å². The summed E-state index contributed by atoms with van der Waals surface area (Å²) < 4.78 is 5.88. The van der Waals surface area contributed by atoms with Crippen LogP contribution in [0.15, 0.2) is 36.4 Å². The molecular formula is C16H18O2. The molecule has 3 rings (SSSR count). The Balaban J connectivity index is 2.00. The molecule has 1 aliphatic rings. The SMILES string of the molecule is CCCCOC1c2cccc3cccc(c23)C1O. The van der Waals surface area contributed by atoms with Crippen LogP contribution >= 0.6 is 0 Å². The molecule has 0 aromatic heterocycles. The summed E-state index contributed by atoms with van der Waals surface area (Å²) in [6.45, 7) is 2.85. The first-order chi connectivity index (χ1) is 8.83. The van der Waals surface area contributed by atoms with Crippen molar-refractivity contribution in [3.63, 3.8) is 0 Å². The third-order valence-electron chi connectivity index (χ3n) is 3.68. The Hall–Kier alpha value is -1.38. The normalized spacial score (nSPS) is 21.7. The Morgan fingerprint density at radius 3 is 2.56 bits per heavy atom. The van der Waals surface area contributed by atoms with E-state index in [2.05, 4.69) is 25.1 Å². The monoisotopic (exact) mass is 242 g/mol. The van der Waals surface area contributed by atoms with Crippen LogP contribution in [0.5, 0.6) is 0 Å². The van der Waals surface area contributed by atoms with Crippen molar-refractivity contribution in [3.8, 4) is 0 Å². The van der Waals surface area contributed by atoms with Crippen molar-refractivity contribution in [2.24, 2.45) is 0 Å². The summed E-state index contributed by atoms with van der Waals surface area (Å²) in [5.74, 6) is 0. The average molecular weight is 242 g/mol. The Morgan fingerprint density at radius 2 is 1.83 bits per heavy atom. The van der Waals surface area contributed by atoms with Crippen LogP contribution in [0.3, 0.4) is 0 Å². The van der Waals surface area contributed by atoms with Crippen molar-refractivity contribution in [1.82, 2.24) is 0 Å². The first-order valence-electron chi connectivity index (χ1n) is 6.64. The van der Waals surface area contributed by atoms with Gasteiger partial charge in [-0.3, -0.25) is 0 Å². The quantitative estimate of drug-likeness (QED) is 0.827. The van der Waals surface area contributed by atoms with Gasteiger partial charge in [0.15, 0.2) is 0 Å². The molecule has 2 aromatic carbocycles. The van der Waals surface area contributed by atoms with Gasteiger partial charge in [0.1, 0.15) is 12.2 Å². The van der Waals surface area contributed by atoms with Crippen LogP contribution in [0, 0.1) is 0 Å². The zero-order valence-electron chi connectivity index (χ0n) is 10.6. The third kappa shape index (κ3) is 1.73. The fraction of sp³-hybridized carbons (Fsp3) is 0.375. The Morgan fingerprint density at radius 1 is 1.11 bits per heavy atom. The van der Waals surface area contributed by atoms with Gasteiger partial charge in [0, 0.05) is 6.61 Å². The van der Waals surface area contributed by atoms with Crippen molar-refractivity contribution in [2.75, 3.05) is 6.61 Å². The summed E-state index contributed by atoms with van der Waals surface area (Å²) >= 11 is 0. The Labute approximate surface area is 107 Å². The molecule has 0 saturated heterocycles. The summed E-state index contributed by atoms with van der Waals surface area (Å²) in [4.78, 5) is 0. The minimum atomic E-state index is -0.525. The fourth-order valence-electron chi connectivity index (χ4n) is 2.75. The smallest absolute Gasteiger partial charge is 0.113 e. The highest BCUT2D eigenvalue weighted by molar-refractivity contribution is 5.91. The van der Waals surface area contributed by atoms with Crippen LogP contribution in [0.2, 0.25) is 0 Å². The number of aliphatic hydroxyl groups is 1. The third-order valence-corrected chi connectivity index (χ3v) is 3.68. The maximum absolute atomic E-state index is 10.4. The lowest BCUT2D eigenvalue weighted by molar-refractivity contribution is -0.0357. The van der Waals surface area contributed by atoms with Crippen LogP contribution in [0.1, 0.15) is 43.1 Å². The second-order valence-electron chi connectivity index (χ2n) is 4.88. The van der Waals surface area contributed by atoms with Crippen molar-refractivity contribution in [3.05, 3.63) is 47.5 Å². The van der Waals surface area contributed by atoms with Gasteiger partial charge in [0.05, 0.1) is 0 Å². The van der Waals surface area contributed by atoms with E-state index in [9.17, 15) is 5.11 Å². The molecule has 0 fully saturated rings. The van der Waals surface area contributed by atoms with E-state index in [0.717, 1.165) is 24.0 Å². The number of aliphatic hydroxyl groups excluding tert-OH is 1. The summed E-state index contributed by atoms with van der Waals surface area (Å²) in [5, 5.41) is 12.8. The van der Waals surface area contributed by atoms with E-state index in [4.69, 9.17) is 4.74 Å². The predicted molar refractivity (Wildman–Crippen MR) is 72.5 cm³/mol. The molecule has 2 unspecified atom stereocenters. The van der Waals surface area contributed by atoms with Gasteiger partial charge in [-0.2, -0.15) is 0 Å². The molecule has 1 N–H and O–H groups in total. The van der Waals surface area contributed by atoms with E-state index < -0.39 is 6.10 Å².